The highest BCUT2D eigenvalue weighted by atomic mass is 16.5. The molecule has 0 atom stereocenters. The topological polar surface area (TPSA) is 186 Å². The molecule has 5 rings (SSSR count). The lowest BCUT2D eigenvalue weighted by Crippen LogP contribution is -2.16. The Labute approximate surface area is 348 Å². The fourth-order valence-electron chi connectivity index (χ4n) is 7.59. The molecule has 0 aliphatic heterocycles. The third-order valence-electron chi connectivity index (χ3n) is 9.61. The lowest BCUT2D eigenvalue weighted by atomic mass is 9.87. The van der Waals surface area contributed by atoms with Crippen LogP contribution in [0.5, 0.6) is 23.0 Å². The predicted molar refractivity (Wildman–Crippen MR) is 225 cm³/mol. The number of ether oxygens (including phenoxy) is 4. The van der Waals surface area contributed by atoms with Crippen LogP contribution in [0.2, 0.25) is 0 Å². The molecule has 1 aliphatic carbocycles. The van der Waals surface area contributed by atoms with E-state index in [2.05, 4.69) is 26.3 Å². The molecule has 0 spiro atoms. The Morgan fingerprint density at radius 1 is 0.383 bits per heavy atom. The van der Waals surface area contributed by atoms with Crippen LogP contribution in [0.3, 0.4) is 0 Å². The average Bonchev–Trinajstić information content (AvgIpc) is 3.16. The molecular formula is C48H48O12. The summed E-state index contributed by atoms with van der Waals surface area (Å²) in [5.74, 6) is -3.71. The molecule has 0 fully saturated rings. The Balaban J connectivity index is 1.96. The van der Waals surface area contributed by atoms with E-state index in [1.807, 2.05) is 48.5 Å². The monoisotopic (exact) mass is 816 g/mol. The van der Waals surface area contributed by atoms with Gasteiger partial charge in [-0.3, -0.25) is 0 Å². The number of carbonyl (C=O) groups is 4. The molecule has 4 N–H and O–H groups in total. The molecule has 0 heterocycles. The first-order chi connectivity index (χ1) is 28.8. The van der Waals surface area contributed by atoms with Gasteiger partial charge in [0.25, 0.3) is 0 Å². The van der Waals surface area contributed by atoms with E-state index >= 15 is 0 Å². The average molecular weight is 817 g/mol. The summed E-state index contributed by atoms with van der Waals surface area (Å²) in [6.45, 7) is 13.0. The van der Waals surface area contributed by atoms with E-state index < -0.39 is 50.3 Å². The van der Waals surface area contributed by atoms with Crippen molar-refractivity contribution in [3.63, 3.8) is 0 Å². The first kappa shape index (κ1) is 44.0. The number of hydrogen-bond acceptors (Lipinski definition) is 8. The number of fused-ring (bicyclic) bond motifs is 8. The molecule has 312 valence electrons. The van der Waals surface area contributed by atoms with Crippen molar-refractivity contribution in [3.8, 4) is 23.0 Å². The lowest BCUT2D eigenvalue weighted by molar-refractivity contribution is -0.140. The molecule has 0 amide bonds. The maximum atomic E-state index is 12.0. The van der Waals surface area contributed by atoms with Crippen LogP contribution in [0.25, 0.3) is 0 Å². The van der Waals surface area contributed by atoms with E-state index in [1.165, 1.54) is 0 Å². The van der Waals surface area contributed by atoms with Crippen LogP contribution in [-0.4, -0.2) is 70.7 Å². The van der Waals surface area contributed by atoms with Gasteiger partial charge in [0.1, 0.15) is 23.0 Å². The lowest BCUT2D eigenvalue weighted by Gasteiger charge is -2.24. The fourth-order valence-corrected chi connectivity index (χ4v) is 7.59. The van der Waals surface area contributed by atoms with E-state index in [4.69, 9.17) is 18.9 Å². The number of allylic oxidation sites excluding steroid dienone is 4. The Morgan fingerprint density at radius 2 is 0.550 bits per heavy atom. The summed E-state index contributed by atoms with van der Waals surface area (Å²) in [7, 11) is 0. The number of carboxylic acids is 4. The molecule has 8 bridgehead atoms. The summed E-state index contributed by atoms with van der Waals surface area (Å²) < 4.78 is 24.5. The van der Waals surface area contributed by atoms with Crippen LogP contribution in [-0.2, 0) is 70.5 Å². The zero-order valence-electron chi connectivity index (χ0n) is 33.3. The van der Waals surface area contributed by atoms with Crippen molar-refractivity contribution in [3.05, 3.63) is 166 Å². The molecule has 60 heavy (non-hydrogen) atoms. The quantitative estimate of drug-likeness (QED) is 0.0584. The van der Waals surface area contributed by atoms with E-state index in [0.717, 1.165) is 22.3 Å². The summed E-state index contributed by atoms with van der Waals surface area (Å²) in [5.41, 5.74) is 7.95. The molecule has 4 aromatic rings. The summed E-state index contributed by atoms with van der Waals surface area (Å²) in [6.07, 6.45) is 9.12. The number of rotatable bonds is 20. The van der Waals surface area contributed by atoms with Crippen molar-refractivity contribution in [2.45, 2.75) is 51.4 Å². The second kappa shape index (κ2) is 20.6. The van der Waals surface area contributed by atoms with Gasteiger partial charge in [0.2, 0.25) is 0 Å². The van der Waals surface area contributed by atoms with Crippen LogP contribution in [0, 0.1) is 0 Å². The van der Waals surface area contributed by atoms with E-state index in [1.54, 1.807) is 24.3 Å². The zero-order chi connectivity index (χ0) is 43.3. The molecule has 0 saturated heterocycles. The van der Waals surface area contributed by atoms with Gasteiger partial charge in [-0.1, -0.05) is 72.8 Å². The Bertz CT molecular complexity index is 1920. The molecule has 12 heteroatoms. The smallest absolute Gasteiger partial charge is 0.341 e. The Hall–Kier alpha value is -7.08. The van der Waals surface area contributed by atoms with Crippen LogP contribution in [0.4, 0.5) is 0 Å². The summed E-state index contributed by atoms with van der Waals surface area (Å²) in [4.78, 5) is 48.1. The highest BCUT2D eigenvalue weighted by molar-refractivity contribution is 5.71. The van der Waals surface area contributed by atoms with Gasteiger partial charge >= 0.3 is 23.9 Å². The van der Waals surface area contributed by atoms with Crippen LogP contribution >= 0.6 is 0 Å². The molecular weight excluding hydrogens is 769 g/mol. The predicted octanol–water partition coefficient (Wildman–Crippen LogP) is 7.13. The van der Waals surface area contributed by atoms with Gasteiger partial charge in [0, 0.05) is 25.7 Å². The summed E-state index contributed by atoms with van der Waals surface area (Å²) in [5, 5.41) is 39.3. The minimum atomic E-state index is -1.21. The molecule has 12 nitrogen and oxygen atoms in total. The highest BCUT2D eigenvalue weighted by Crippen LogP contribution is 2.41. The Morgan fingerprint density at radius 3 is 0.683 bits per heavy atom. The maximum Gasteiger partial charge on any atom is 0.341 e. The first-order valence-corrected chi connectivity index (χ1v) is 19.2. The standard InChI is InChI=1S/C48H48O12/c1-5-9-29-13-33-21-35-15-30(10-6-2)17-37(46(35)58-26-42(51)52)23-39-19-32(12-8-4)20-40(48(39)60-28-44(55)56)24-38-18-31(11-7-3)16-36(47(38)59-27-43(53)54)22-34(14-29)45(33)57-25-41(49)50/h5-8,13-20H,1-4,9-12,21-28H2,(H,49,50)(H,51,52)(H,53,54)(H,55,56). The van der Waals surface area contributed by atoms with E-state index in [9.17, 15) is 39.6 Å². The molecule has 0 unspecified atom stereocenters. The molecule has 1 aliphatic rings. The summed E-state index contributed by atoms with van der Waals surface area (Å²) >= 11 is 0. The first-order valence-electron chi connectivity index (χ1n) is 19.2. The van der Waals surface area contributed by atoms with Crippen molar-refractivity contribution in [2.75, 3.05) is 26.4 Å². The van der Waals surface area contributed by atoms with Gasteiger partial charge in [-0.05, 0) is 92.4 Å². The van der Waals surface area contributed by atoms with Crippen molar-refractivity contribution >= 4 is 23.9 Å². The van der Waals surface area contributed by atoms with Gasteiger partial charge in [0.15, 0.2) is 26.4 Å². The minimum Gasteiger partial charge on any atom is -0.481 e. The Kier molecular flexibility index (Phi) is 15.1. The molecule has 0 radical (unpaired) electrons. The van der Waals surface area contributed by atoms with Crippen LogP contribution in [0.1, 0.15) is 66.8 Å². The number of hydrogen-bond donors (Lipinski definition) is 4. The van der Waals surface area contributed by atoms with Gasteiger partial charge < -0.3 is 39.4 Å². The largest absolute Gasteiger partial charge is 0.481 e. The van der Waals surface area contributed by atoms with Crippen molar-refractivity contribution in [2.24, 2.45) is 0 Å². The number of carboxylic acid groups (broad SMARTS) is 4. The van der Waals surface area contributed by atoms with Gasteiger partial charge in [0.05, 0.1) is 0 Å². The molecule has 4 aromatic carbocycles. The van der Waals surface area contributed by atoms with Crippen molar-refractivity contribution in [1.82, 2.24) is 0 Å². The number of aliphatic carboxylic acids is 4. The molecule has 0 saturated carbocycles. The van der Waals surface area contributed by atoms with Gasteiger partial charge in [-0.15, -0.1) is 26.3 Å². The maximum absolute atomic E-state index is 12.0. The van der Waals surface area contributed by atoms with Crippen molar-refractivity contribution in [1.29, 1.82) is 0 Å². The van der Waals surface area contributed by atoms with Crippen LogP contribution in [0.15, 0.2) is 99.2 Å². The van der Waals surface area contributed by atoms with E-state index in [-0.39, 0.29) is 48.7 Å². The third-order valence-corrected chi connectivity index (χ3v) is 9.61. The highest BCUT2D eigenvalue weighted by Gasteiger charge is 2.25. The molecule has 0 aromatic heterocycles. The second-order valence-corrected chi connectivity index (χ2v) is 14.4. The van der Waals surface area contributed by atoms with Gasteiger partial charge in [-0.2, -0.15) is 0 Å². The third kappa shape index (κ3) is 11.5. The normalized spacial score (nSPS) is 11.7. The van der Waals surface area contributed by atoms with Crippen molar-refractivity contribution < 1.29 is 58.6 Å². The van der Waals surface area contributed by atoms with Gasteiger partial charge in [-0.25, -0.2) is 19.2 Å². The minimum absolute atomic E-state index is 0.105. The summed E-state index contributed by atoms with van der Waals surface area (Å²) in [6, 6.07) is 15.1. The fraction of sp³-hybridized carbons (Fsp3) is 0.250. The number of benzene rings is 4. The van der Waals surface area contributed by atoms with E-state index in [0.29, 0.717) is 70.2 Å². The van der Waals surface area contributed by atoms with Crippen LogP contribution < -0.4 is 18.9 Å². The SMILES string of the molecule is C=CCc1cc2c(OCC(=O)O)c(c1)Cc1cc(CC=C)cc(c1OCC(=O)O)Cc1cc(CC=C)cc(c1OCC(=O)O)Cc1cc(CC=C)cc(c1OCC(=O)O)C2. The second-order valence-electron chi connectivity index (χ2n) is 14.4. The zero-order valence-corrected chi connectivity index (χ0v) is 33.3.